The summed E-state index contributed by atoms with van der Waals surface area (Å²) in [6.45, 7) is 2.16. The Morgan fingerprint density at radius 1 is 0.833 bits per heavy atom. The Hall–Kier alpha value is -0.880. The summed E-state index contributed by atoms with van der Waals surface area (Å²) in [7, 11) is -4.08. The summed E-state index contributed by atoms with van der Waals surface area (Å²) < 4.78 is 32.1. The van der Waals surface area contributed by atoms with Gasteiger partial charge in [-0.25, -0.2) is 0 Å². The maximum Gasteiger partial charge on any atom is 0.303 e. The van der Waals surface area contributed by atoms with Gasteiger partial charge >= 0.3 is 5.97 Å². The van der Waals surface area contributed by atoms with Gasteiger partial charge in [-0.2, -0.15) is 8.42 Å². The highest BCUT2D eigenvalue weighted by molar-refractivity contribution is 7.89. The zero-order valence-corrected chi connectivity index (χ0v) is 15.8. The lowest BCUT2D eigenvalue weighted by Gasteiger charge is -2.05. The lowest BCUT2D eigenvalue weighted by molar-refractivity contribution is -0.137. The first-order chi connectivity index (χ1) is 11.4. The van der Waals surface area contributed by atoms with Gasteiger partial charge in [0.1, 0.15) is 0 Å². The van der Waals surface area contributed by atoms with Crippen molar-refractivity contribution in [2.75, 3.05) is 0 Å². The molecule has 24 heavy (non-hydrogen) atoms. The summed E-state index contributed by atoms with van der Waals surface area (Å²) in [5, 5.41) is 8.53. The van der Waals surface area contributed by atoms with Crippen molar-refractivity contribution in [3.05, 3.63) is 11.0 Å². The molecular weight excluding hydrogens is 328 g/mol. The van der Waals surface area contributed by atoms with Crippen LogP contribution in [0.25, 0.3) is 0 Å². The van der Waals surface area contributed by atoms with Crippen LogP contribution in [-0.2, 0) is 14.9 Å². The average Bonchev–Trinajstić information content (AvgIpc) is 2.49. The minimum atomic E-state index is -4.08. The van der Waals surface area contributed by atoms with Crippen LogP contribution in [0.4, 0.5) is 0 Å². The molecule has 0 radical (unpaired) electrons. The van der Waals surface area contributed by atoms with Crippen LogP contribution in [-0.4, -0.2) is 24.0 Å². The third-order valence-corrected chi connectivity index (χ3v) is 5.11. The number of rotatable bonds is 16. The second kappa shape index (κ2) is 14.5. The highest BCUT2D eigenvalue weighted by Crippen LogP contribution is 2.18. The van der Waals surface area contributed by atoms with Gasteiger partial charge in [-0.15, -0.1) is 0 Å². The van der Waals surface area contributed by atoms with E-state index in [1.54, 1.807) is 6.08 Å². The molecule has 5 nitrogen and oxygen atoms in total. The Morgan fingerprint density at radius 3 is 1.88 bits per heavy atom. The predicted octanol–water partition coefficient (Wildman–Crippen LogP) is 5.32. The predicted molar refractivity (Wildman–Crippen MR) is 97.6 cm³/mol. The zero-order chi connectivity index (χ0) is 18.3. The van der Waals surface area contributed by atoms with Crippen molar-refractivity contribution >= 4 is 16.1 Å². The second-order valence-corrected chi connectivity index (χ2v) is 7.84. The number of carboxylic acid groups (broad SMARTS) is 1. The van der Waals surface area contributed by atoms with Crippen molar-refractivity contribution < 1.29 is 22.9 Å². The Bertz CT molecular complexity index is 454. The highest BCUT2D eigenvalue weighted by atomic mass is 32.2. The van der Waals surface area contributed by atoms with Crippen molar-refractivity contribution in [1.82, 2.24) is 0 Å². The molecule has 2 N–H and O–H groups in total. The number of hydrogen-bond donors (Lipinski definition) is 2. The maximum absolute atomic E-state index is 11.4. The smallest absolute Gasteiger partial charge is 0.303 e. The monoisotopic (exact) mass is 362 g/mol. The van der Waals surface area contributed by atoms with Crippen LogP contribution < -0.4 is 0 Å². The molecule has 0 aromatic carbocycles. The van der Waals surface area contributed by atoms with Gasteiger partial charge in [-0.3, -0.25) is 9.35 Å². The average molecular weight is 363 g/mol. The van der Waals surface area contributed by atoms with Crippen LogP contribution in [0.2, 0.25) is 0 Å². The van der Waals surface area contributed by atoms with Gasteiger partial charge in [0.25, 0.3) is 10.1 Å². The van der Waals surface area contributed by atoms with Gasteiger partial charge < -0.3 is 5.11 Å². The van der Waals surface area contributed by atoms with Gasteiger partial charge in [-0.05, 0) is 32.1 Å². The van der Waals surface area contributed by atoms with E-state index in [-0.39, 0.29) is 11.3 Å². The number of hydrogen-bond acceptors (Lipinski definition) is 3. The van der Waals surface area contributed by atoms with Crippen molar-refractivity contribution in [3.8, 4) is 0 Å². The molecule has 142 valence electrons. The number of aliphatic carboxylic acids is 1. The fourth-order valence-electron chi connectivity index (χ4n) is 2.63. The van der Waals surface area contributed by atoms with E-state index in [1.165, 1.54) is 19.3 Å². The molecule has 0 aliphatic heterocycles. The Morgan fingerprint density at radius 2 is 1.33 bits per heavy atom. The zero-order valence-electron chi connectivity index (χ0n) is 15.0. The summed E-state index contributed by atoms with van der Waals surface area (Å²) in [6, 6.07) is 0. The van der Waals surface area contributed by atoms with E-state index >= 15 is 0 Å². The van der Waals surface area contributed by atoms with E-state index < -0.39 is 16.1 Å². The first-order valence-corrected chi connectivity index (χ1v) is 10.7. The summed E-state index contributed by atoms with van der Waals surface area (Å²) in [5.41, 5.74) is 0. The van der Waals surface area contributed by atoms with Gasteiger partial charge in [0, 0.05) is 6.42 Å². The normalized spacial score (nSPS) is 12.5. The number of unbranched alkanes of at least 4 members (excludes halogenated alkanes) is 10. The van der Waals surface area contributed by atoms with E-state index in [2.05, 4.69) is 6.92 Å². The molecule has 0 rings (SSSR count). The van der Waals surface area contributed by atoms with Gasteiger partial charge in [-0.1, -0.05) is 64.4 Å². The van der Waals surface area contributed by atoms with E-state index in [0.29, 0.717) is 19.3 Å². The molecule has 0 aliphatic rings. The second-order valence-electron chi connectivity index (χ2n) is 6.36. The molecule has 0 fully saturated rings. The minimum Gasteiger partial charge on any atom is -0.481 e. The van der Waals surface area contributed by atoms with Crippen LogP contribution in [0.1, 0.15) is 96.8 Å². The van der Waals surface area contributed by atoms with Gasteiger partial charge in [0.15, 0.2) is 0 Å². The molecule has 0 heterocycles. The SMILES string of the molecule is CCCCCCCC/C(=C\CCCCCCCC(=O)O)S(=O)(=O)O. The lowest BCUT2D eigenvalue weighted by Crippen LogP contribution is -2.02. The number of carboxylic acids is 1. The van der Waals surface area contributed by atoms with E-state index in [1.807, 2.05) is 0 Å². The molecular formula is C18H34O5S. The van der Waals surface area contributed by atoms with Crippen molar-refractivity contribution in [2.24, 2.45) is 0 Å². The maximum atomic E-state index is 11.4. The van der Waals surface area contributed by atoms with Gasteiger partial charge in [0.05, 0.1) is 4.91 Å². The van der Waals surface area contributed by atoms with Crippen molar-refractivity contribution in [1.29, 1.82) is 0 Å². The molecule has 0 spiro atoms. The summed E-state index contributed by atoms with van der Waals surface area (Å²) in [5.74, 6) is -0.759. The molecule has 0 bridgehead atoms. The molecule has 0 unspecified atom stereocenters. The number of allylic oxidation sites excluding steroid dienone is 2. The largest absolute Gasteiger partial charge is 0.481 e. The molecule has 0 saturated heterocycles. The topological polar surface area (TPSA) is 91.7 Å². The third kappa shape index (κ3) is 14.7. The summed E-state index contributed by atoms with van der Waals surface area (Å²) in [4.78, 5) is 10.5. The van der Waals surface area contributed by atoms with Crippen LogP contribution >= 0.6 is 0 Å². The fraction of sp³-hybridized carbons (Fsp3) is 0.833. The van der Waals surface area contributed by atoms with Crippen LogP contribution in [0.3, 0.4) is 0 Å². The molecule has 0 aromatic rings. The van der Waals surface area contributed by atoms with Crippen molar-refractivity contribution in [3.63, 3.8) is 0 Å². The molecule has 0 aliphatic carbocycles. The van der Waals surface area contributed by atoms with E-state index in [0.717, 1.165) is 44.9 Å². The lowest BCUT2D eigenvalue weighted by atomic mass is 10.1. The molecule has 0 saturated carbocycles. The molecule has 6 heteroatoms. The summed E-state index contributed by atoms with van der Waals surface area (Å²) in [6.07, 6.45) is 13.8. The Balaban J connectivity index is 3.92. The van der Waals surface area contributed by atoms with Crippen LogP contribution in [0.15, 0.2) is 11.0 Å². The van der Waals surface area contributed by atoms with Crippen LogP contribution in [0, 0.1) is 0 Å². The Kier molecular flexibility index (Phi) is 13.9. The fourth-order valence-corrected chi connectivity index (χ4v) is 3.36. The summed E-state index contributed by atoms with van der Waals surface area (Å²) >= 11 is 0. The standard InChI is InChI=1S/C18H34O5S/c1-2-3-4-5-8-11-14-17(24(21,22)23)15-12-9-6-7-10-13-16-18(19)20/h15H,2-14,16H2,1H3,(H,19,20)(H,21,22,23)/b17-15+. The third-order valence-electron chi connectivity index (χ3n) is 4.07. The van der Waals surface area contributed by atoms with E-state index in [9.17, 15) is 17.8 Å². The highest BCUT2D eigenvalue weighted by Gasteiger charge is 2.12. The Labute approximate surface area is 147 Å². The first kappa shape index (κ1) is 23.1. The van der Waals surface area contributed by atoms with Crippen molar-refractivity contribution in [2.45, 2.75) is 96.8 Å². The number of carbonyl (C=O) groups is 1. The quantitative estimate of drug-likeness (QED) is 0.286. The molecule has 0 amide bonds. The van der Waals surface area contributed by atoms with Crippen LogP contribution in [0.5, 0.6) is 0 Å². The minimum absolute atomic E-state index is 0.156. The van der Waals surface area contributed by atoms with Gasteiger partial charge in [0.2, 0.25) is 0 Å². The molecule has 0 atom stereocenters. The van der Waals surface area contributed by atoms with E-state index in [4.69, 9.17) is 5.11 Å². The first-order valence-electron chi connectivity index (χ1n) is 9.26. The molecule has 0 aromatic heterocycles.